The molecule has 0 radical (unpaired) electrons. The Morgan fingerprint density at radius 3 is 2.16 bits per heavy atom. The first-order chi connectivity index (χ1) is 11.7. The molecule has 2 N–H and O–H groups in total. The van der Waals surface area contributed by atoms with E-state index in [-0.39, 0.29) is 12.3 Å². The molecule has 2 aromatic rings. The highest BCUT2D eigenvalue weighted by Crippen LogP contribution is 2.23. The van der Waals surface area contributed by atoms with Crippen LogP contribution < -0.4 is 10.0 Å². The minimum atomic E-state index is -3.48. The number of hydrogen-bond acceptors (Lipinski definition) is 3. The first kappa shape index (κ1) is 19.4. The van der Waals surface area contributed by atoms with Crippen LogP contribution in [0, 0.1) is 13.8 Å². The minimum Gasteiger partial charge on any atom is -0.326 e. The zero-order valence-electron chi connectivity index (χ0n) is 14.3. The van der Waals surface area contributed by atoms with E-state index >= 15 is 0 Å². The van der Waals surface area contributed by atoms with Gasteiger partial charge in [-0.25, -0.2) is 13.1 Å². The molecule has 0 aliphatic carbocycles. The predicted molar refractivity (Wildman–Crippen MR) is 101 cm³/mol. The van der Waals surface area contributed by atoms with Crippen molar-refractivity contribution in [2.24, 2.45) is 0 Å². The summed E-state index contributed by atoms with van der Waals surface area (Å²) in [6.07, 6.45) is 1.04. The Bertz CT molecular complexity index is 844. The molecule has 134 valence electrons. The number of rotatable bonds is 6. The van der Waals surface area contributed by atoms with Gasteiger partial charge in [-0.15, -0.1) is 0 Å². The first-order valence-corrected chi connectivity index (χ1v) is 10.0. The summed E-state index contributed by atoms with van der Waals surface area (Å²) in [7, 11) is -3.48. The molecule has 0 aliphatic heterocycles. The summed E-state index contributed by atoms with van der Waals surface area (Å²) in [5.41, 5.74) is 3.33. The Hall–Kier alpha value is -1.89. The second kappa shape index (κ2) is 7.99. The molecule has 0 spiro atoms. The van der Waals surface area contributed by atoms with E-state index < -0.39 is 16.1 Å². The maximum absolute atomic E-state index is 12.5. The third kappa shape index (κ3) is 5.85. The summed E-state index contributed by atoms with van der Waals surface area (Å²) in [6, 6.07) is 11.8. The smallest absolute Gasteiger partial charge is 0.226 e. The zero-order chi connectivity index (χ0) is 18.6. The van der Waals surface area contributed by atoms with Crippen molar-refractivity contribution >= 4 is 33.2 Å². The monoisotopic (exact) mass is 380 g/mol. The van der Waals surface area contributed by atoms with Crippen molar-refractivity contribution in [3.05, 3.63) is 64.2 Å². The Balaban J connectivity index is 2.21. The van der Waals surface area contributed by atoms with E-state index in [1.165, 1.54) is 0 Å². The van der Waals surface area contributed by atoms with Crippen LogP contribution >= 0.6 is 11.6 Å². The number of anilines is 1. The number of carbonyl (C=O) groups excluding carboxylic acids is 1. The number of halogens is 1. The predicted octanol–water partition coefficient (Wildman–Crippen LogP) is 3.58. The van der Waals surface area contributed by atoms with E-state index in [9.17, 15) is 13.2 Å². The lowest BCUT2D eigenvalue weighted by Crippen LogP contribution is -2.30. The minimum absolute atomic E-state index is 0.0253. The van der Waals surface area contributed by atoms with Crippen LogP contribution in [0.2, 0.25) is 5.02 Å². The van der Waals surface area contributed by atoms with E-state index in [4.69, 9.17) is 11.6 Å². The fourth-order valence-corrected chi connectivity index (χ4v) is 3.43. The number of carbonyl (C=O) groups is 1. The molecule has 0 fully saturated rings. The number of aryl methyl sites for hydroxylation is 2. The van der Waals surface area contributed by atoms with Crippen LogP contribution in [0.5, 0.6) is 0 Å². The molecule has 0 aromatic heterocycles. The molecule has 7 heteroatoms. The van der Waals surface area contributed by atoms with Gasteiger partial charge in [0.25, 0.3) is 0 Å². The van der Waals surface area contributed by atoms with Crippen LogP contribution in [0.25, 0.3) is 0 Å². The fourth-order valence-electron chi connectivity index (χ4n) is 2.57. The van der Waals surface area contributed by atoms with Crippen LogP contribution in [-0.4, -0.2) is 20.6 Å². The van der Waals surface area contributed by atoms with Crippen molar-refractivity contribution in [2.75, 3.05) is 11.6 Å². The lowest BCUT2D eigenvalue weighted by Gasteiger charge is -2.19. The molecule has 0 aliphatic rings. The van der Waals surface area contributed by atoms with E-state index in [1.807, 2.05) is 32.0 Å². The molecular formula is C18H21ClN2O3S. The Labute approximate surface area is 153 Å². The van der Waals surface area contributed by atoms with Crippen LogP contribution in [0.4, 0.5) is 5.69 Å². The summed E-state index contributed by atoms with van der Waals surface area (Å²) < 4.78 is 25.8. The average Bonchev–Trinajstić information content (AvgIpc) is 2.50. The summed E-state index contributed by atoms with van der Waals surface area (Å²) in [4.78, 5) is 12.5. The normalized spacial score (nSPS) is 12.6. The SMILES string of the molecule is Cc1cccc(C)c1NC(=O)CC(NS(C)(=O)=O)c1ccc(Cl)cc1. The molecule has 0 bridgehead atoms. The molecule has 1 unspecified atom stereocenters. The fraction of sp³-hybridized carbons (Fsp3) is 0.278. The quantitative estimate of drug-likeness (QED) is 0.804. The summed E-state index contributed by atoms with van der Waals surface area (Å²) in [6.45, 7) is 3.82. The van der Waals surface area contributed by atoms with Gasteiger partial charge < -0.3 is 5.32 Å². The highest BCUT2D eigenvalue weighted by Gasteiger charge is 2.20. The summed E-state index contributed by atoms with van der Waals surface area (Å²) in [5, 5.41) is 3.42. The lowest BCUT2D eigenvalue weighted by molar-refractivity contribution is -0.116. The molecule has 0 saturated heterocycles. The third-order valence-corrected chi connectivity index (χ3v) is 4.73. The summed E-state index contributed by atoms with van der Waals surface area (Å²) >= 11 is 5.88. The number of benzene rings is 2. The zero-order valence-corrected chi connectivity index (χ0v) is 15.9. The summed E-state index contributed by atoms with van der Waals surface area (Å²) in [5.74, 6) is -0.270. The van der Waals surface area contributed by atoms with E-state index in [0.717, 1.165) is 23.1 Å². The largest absolute Gasteiger partial charge is 0.326 e. The van der Waals surface area contributed by atoms with Gasteiger partial charge in [-0.2, -0.15) is 0 Å². The van der Waals surface area contributed by atoms with Crippen molar-refractivity contribution in [1.82, 2.24) is 4.72 Å². The molecule has 5 nitrogen and oxygen atoms in total. The van der Waals surface area contributed by atoms with Crippen molar-refractivity contribution in [2.45, 2.75) is 26.3 Å². The molecule has 25 heavy (non-hydrogen) atoms. The van der Waals surface area contributed by atoms with Crippen molar-refractivity contribution in [1.29, 1.82) is 0 Å². The number of sulfonamides is 1. The maximum Gasteiger partial charge on any atom is 0.226 e. The number of hydrogen-bond donors (Lipinski definition) is 2. The molecule has 1 atom stereocenters. The van der Waals surface area contributed by atoms with Gasteiger partial charge in [0, 0.05) is 17.1 Å². The van der Waals surface area contributed by atoms with E-state index in [0.29, 0.717) is 10.6 Å². The number of amides is 1. The van der Waals surface area contributed by atoms with Crippen molar-refractivity contribution in [3.63, 3.8) is 0 Å². The second-order valence-electron chi connectivity index (χ2n) is 6.01. The topological polar surface area (TPSA) is 75.3 Å². The molecule has 1 amide bonds. The van der Waals surface area contributed by atoms with Gasteiger partial charge >= 0.3 is 0 Å². The average molecular weight is 381 g/mol. The van der Waals surface area contributed by atoms with Crippen molar-refractivity contribution in [3.8, 4) is 0 Å². The molecule has 0 heterocycles. The number of nitrogens with one attached hydrogen (secondary N) is 2. The highest BCUT2D eigenvalue weighted by molar-refractivity contribution is 7.88. The first-order valence-electron chi connectivity index (χ1n) is 7.74. The number of para-hydroxylation sites is 1. The molecule has 0 saturated carbocycles. The van der Waals surface area contributed by atoms with Gasteiger partial charge in [0.15, 0.2) is 0 Å². The van der Waals surface area contributed by atoms with Gasteiger partial charge in [0.1, 0.15) is 0 Å². The van der Waals surface area contributed by atoms with Crippen LogP contribution in [0.1, 0.15) is 29.2 Å². The van der Waals surface area contributed by atoms with Crippen molar-refractivity contribution < 1.29 is 13.2 Å². The van der Waals surface area contributed by atoms with Crippen LogP contribution in [-0.2, 0) is 14.8 Å². The van der Waals surface area contributed by atoms with Gasteiger partial charge in [0.2, 0.25) is 15.9 Å². The van der Waals surface area contributed by atoms with Gasteiger partial charge in [0.05, 0.1) is 12.3 Å². The van der Waals surface area contributed by atoms with Crippen LogP contribution in [0.3, 0.4) is 0 Å². The van der Waals surface area contributed by atoms with E-state index in [2.05, 4.69) is 10.0 Å². The second-order valence-corrected chi connectivity index (χ2v) is 8.23. The molecule has 2 rings (SSSR count). The maximum atomic E-state index is 12.5. The highest BCUT2D eigenvalue weighted by atomic mass is 35.5. The van der Waals surface area contributed by atoms with Gasteiger partial charge in [-0.1, -0.05) is 41.9 Å². The lowest BCUT2D eigenvalue weighted by atomic mass is 10.0. The Kier molecular flexibility index (Phi) is 6.21. The van der Waals surface area contributed by atoms with Gasteiger partial charge in [-0.05, 0) is 42.7 Å². The third-order valence-electron chi connectivity index (χ3n) is 3.76. The van der Waals surface area contributed by atoms with Gasteiger partial charge in [-0.3, -0.25) is 4.79 Å². The Morgan fingerprint density at radius 1 is 1.08 bits per heavy atom. The van der Waals surface area contributed by atoms with E-state index in [1.54, 1.807) is 24.3 Å². The molecule has 2 aromatic carbocycles. The standard InChI is InChI=1S/C18H21ClN2O3S/c1-12-5-4-6-13(2)18(12)20-17(22)11-16(21-25(3,23)24)14-7-9-15(19)10-8-14/h4-10,16,21H,11H2,1-3H3,(H,20,22). The van der Waals surface area contributed by atoms with Crippen LogP contribution in [0.15, 0.2) is 42.5 Å². The molecular weight excluding hydrogens is 360 g/mol. The Morgan fingerprint density at radius 2 is 1.64 bits per heavy atom.